The molecule has 2 aliphatic heterocycles. The fourth-order valence-electron chi connectivity index (χ4n) is 2.35. The van der Waals surface area contributed by atoms with Crippen LogP contribution in [-0.4, -0.2) is 48.6 Å². The van der Waals surface area contributed by atoms with E-state index in [9.17, 15) is 9.90 Å². The Morgan fingerprint density at radius 2 is 2.19 bits per heavy atom. The molecule has 2 aliphatic rings. The minimum atomic E-state index is -1.06. The molecule has 0 aromatic carbocycles. The van der Waals surface area contributed by atoms with Crippen LogP contribution >= 0.6 is 0 Å². The van der Waals surface area contributed by atoms with E-state index in [1.807, 2.05) is 6.92 Å². The van der Waals surface area contributed by atoms with E-state index in [4.69, 9.17) is 18.9 Å². The molecule has 0 amide bonds. The number of hydrogen-bond acceptors (Lipinski definition) is 6. The number of carbonyl (C=O) groups excluding carboxylic acids is 1. The molecular formula is C10H16O6. The maximum absolute atomic E-state index is 11.1. The number of aliphatic hydroxyl groups is 1. The first-order chi connectivity index (χ1) is 7.49. The van der Waals surface area contributed by atoms with Gasteiger partial charge in [0.25, 0.3) is 0 Å². The van der Waals surface area contributed by atoms with Crippen molar-refractivity contribution in [2.45, 2.75) is 50.5 Å². The van der Waals surface area contributed by atoms with Crippen LogP contribution in [0.25, 0.3) is 0 Å². The quantitative estimate of drug-likeness (QED) is 0.660. The van der Waals surface area contributed by atoms with Gasteiger partial charge in [0, 0.05) is 13.5 Å². The Balaban J connectivity index is 2.27. The zero-order chi connectivity index (χ0) is 11.9. The van der Waals surface area contributed by atoms with Crippen LogP contribution in [0.1, 0.15) is 20.3 Å². The van der Waals surface area contributed by atoms with E-state index >= 15 is 0 Å². The summed E-state index contributed by atoms with van der Waals surface area (Å²) in [6, 6.07) is 0. The van der Waals surface area contributed by atoms with E-state index in [0.29, 0.717) is 6.42 Å². The maximum atomic E-state index is 11.1. The van der Waals surface area contributed by atoms with Crippen molar-refractivity contribution in [2.24, 2.45) is 0 Å². The summed E-state index contributed by atoms with van der Waals surface area (Å²) >= 11 is 0. The minimum Gasteiger partial charge on any atom is -0.427 e. The van der Waals surface area contributed by atoms with Gasteiger partial charge >= 0.3 is 6.16 Å². The highest BCUT2D eigenvalue weighted by Crippen LogP contribution is 2.40. The molecule has 0 aromatic rings. The highest BCUT2D eigenvalue weighted by Gasteiger charge is 2.60. The third-order valence-electron chi connectivity index (χ3n) is 3.20. The van der Waals surface area contributed by atoms with Crippen LogP contribution in [0, 0.1) is 0 Å². The summed E-state index contributed by atoms with van der Waals surface area (Å²) in [5.74, 6) is 0. The molecule has 1 spiro atoms. The summed E-state index contributed by atoms with van der Waals surface area (Å²) < 4.78 is 20.5. The van der Waals surface area contributed by atoms with E-state index in [1.54, 1.807) is 6.92 Å². The van der Waals surface area contributed by atoms with Crippen LogP contribution in [0.15, 0.2) is 0 Å². The lowest BCUT2D eigenvalue weighted by atomic mass is 9.83. The monoisotopic (exact) mass is 232 g/mol. The second-order valence-corrected chi connectivity index (χ2v) is 4.27. The number of carbonyl (C=O) groups is 1. The number of cyclic esters (lactones) is 1. The molecule has 0 radical (unpaired) electrons. The van der Waals surface area contributed by atoms with Gasteiger partial charge in [-0.15, -0.1) is 0 Å². The van der Waals surface area contributed by atoms with Crippen molar-refractivity contribution in [3.05, 3.63) is 0 Å². The van der Waals surface area contributed by atoms with Crippen molar-refractivity contribution >= 4 is 6.16 Å². The van der Waals surface area contributed by atoms with Gasteiger partial charge in [0.1, 0.15) is 12.2 Å². The zero-order valence-electron chi connectivity index (χ0n) is 9.50. The van der Waals surface area contributed by atoms with Gasteiger partial charge < -0.3 is 24.1 Å². The Bertz CT molecular complexity index is 293. The predicted octanol–water partition coefficient (Wildman–Crippen LogP) is 0.423. The molecule has 0 aromatic heterocycles. The van der Waals surface area contributed by atoms with Crippen LogP contribution in [-0.2, 0) is 18.9 Å². The predicted molar refractivity (Wildman–Crippen MR) is 51.7 cm³/mol. The Kier molecular flexibility index (Phi) is 2.81. The summed E-state index contributed by atoms with van der Waals surface area (Å²) in [5, 5.41) is 10.1. The van der Waals surface area contributed by atoms with Crippen molar-refractivity contribution in [1.82, 2.24) is 0 Å². The van der Waals surface area contributed by atoms with Crippen molar-refractivity contribution < 1.29 is 28.8 Å². The van der Waals surface area contributed by atoms with Crippen molar-refractivity contribution in [2.75, 3.05) is 7.11 Å². The summed E-state index contributed by atoms with van der Waals surface area (Å²) in [6.45, 7) is 3.53. The number of hydrogen-bond donors (Lipinski definition) is 1. The Morgan fingerprint density at radius 3 is 2.69 bits per heavy atom. The average Bonchev–Trinajstić information content (AvgIpc) is 2.48. The number of aliphatic hydroxyl groups excluding tert-OH is 1. The third kappa shape index (κ3) is 1.57. The van der Waals surface area contributed by atoms with Crippen LogP contribution in [0.5, 0.6) is 0 Å². The van der Waals surface area contributed by atoms with Gasteiger partial charge in [0.15, 0.2) is 11.9 Å². The highest BCUT2D eigenvalue weighted by atomic mass is 16.8. The van der Waals surface area contributed by atoms with Gasteiger partial charge in [0.05, 0.1) is 6.10 Å². The fourth-order valence-corrected chi connectivity index (χ4v) is 2.35. The van der Waals surface area contributed by atoms with E-state index < -0.39 is 30.3 Å². The Labute approximate surface area is 93.4 Å². The fraction of sp³-hybridized carbons (Fsp3) is 0.900. The summed E-state index contributed by atoms with van der Waals surface area (Å²) in [7, 11) is 1.43. The SMILES string of the molecule is CO[C@@H]1O[C@H](C)C[C@]2(OC(=O)O[C@H]2C)[C@H]1O. The Hall–Kier alpha value is -0.850. The van der Waals surface area contributed by atoms with Crippen LogP contribution in [0.4, 0.5) is 4.79 Å². The summed E-state index contributed by atoms with van der Waals surface area (Å²) in [5.41, 5.74) is -1.06. The van der Waals surface area contributed by atoms with Crippen LogP contribution in [0.3, 0.4) is 0 Å². The number of ether oxygens (including phenoxy) is 4. The molecule has 5 atom stereocenters. The first kappa shape index (κ1) is 11.6. The lowest BCUT2D eigenvalue weighted by Gasteiger charge is -2.43. The van der Waals surface area contributed by atoms with Gasteiger partial charge in [0.2, 0.25) is 0 Å². The normalized spacial score (nSPS) is 47.9. The molecule has 6 heteroatoms. The smallest absolute Gasteiger partial charge is 0.427 e. The molecule has 1 N–H and O–H groups in total. The first-order valence-corrected chi connectivity index (χ1v) is 5.25. The minimum absolute atomic E-state index is 0.176. The number of methoxy groups -OCH3 is 1. The average molecular weight is 232 g/mol. The zero-order valence-corrected chi connectivity index (χ0v) is 9.50. The van der Waals surface area contributed by atoms with Gasteiger partial charge in [-0.1, -0.05) is 0 Å². The van der Waals surface area contributed by atoms with Gasteiger partial charge in [-0.3, -0.25) is 0 Å². The molecule has 2 fully saturated rings. The standard InChI is InChI=1S/C10H16O6/c1-5-4-10(6(2)15-9(12)16-10)7(11)8(13-3)14-5/h5-8,11H,4H2,1-3H3/t5-,6+,7+,8-,10-/m1/s1. The van der Waals surface area contributed by atoms with Gasteiger partial charge in [-0.2, -0.15) is 0 Å². The largest absolute Gasteiger partial charge is 0.509 e. The van der Waals surface area contributed by atoms with Crippen LogP contribution in [0.2, 0.25) is 0 Å². The molecule has 6 nitrogen and oxygen atoms in total. The Morgan fingerprint density at radius 1 is 1.50 bits per heavy atom. The van der Waals surface area contributed by atoms with E-state index in [2.05, 4.69) is 0 Å². The summed E-state index contributed by atoms with van der Waals surface area (Å²) in [6.07, 6.45) is -2.91. The van der Waals surface area contributed by atoms with Gasteiger partial charge in [-0.05, 0) is 13.8 Å². The lowest BCUT2D eigenvalue weighted by Crippen LogP contribution is -2.61. The molecule has 0 bridgehead atoms. The molecule has 16 heavy (non-hydrogen) atoms. The summed E-state index contributed by atoms with van der Waals surface area (Å²) in [4.78, 5) is 11.1. The lowest BCUT2D eigenvalue weighted by molar-refractivity contribution is -0.283. The molecule has 2 heterocycles. The molecule has 92 valence electrons. The molecular weight excluding hydrogens is 216 g/mol. The molecule has 2 saturated heterocycles. The topological polar surface area (TPSA) is 74.2 Å². The van der Waals surface area contributed by atoms with E-state index in [-0.39, 0.29) is 6.10 Å². The third-order valence-corrected chi connectivity index (χ3v) is 3.20. The number of rotatable bonds is 1. The maximum Gasteiger partial charge on any atom is 0.509 e. The second-order valence-electron chi connectivity index (χ2n) is 4.27. The van der Waals surface area contributed by atoms with Crippen molar-refractivity contribution in [3.8, 4) is 0 Å². The van der Waals surface area contributed by atoms with Crippen LogP contribution < -0.4 is 0 Å². The van der Waals surface area contributed by atoms with E-state index in [0.717, 1.165) is 0 Å². The van der Waals surface area contributed by atoms with Gasteiger partial charge in [-0.25, -0.2) is 4.79 Å². The molecule has 0 unspecified atom stereocenters. The molecule has 0 saturated carbocycles. The molecule has 2 rings (SSSR count). The highest BCUT2D eigenvalue weighted by molar-refractivity contribution is 5.63. The van der Waals surface area contributed by atoms with Crippen molar-refractivity contribution in [3.63, 3.8) is 0 Å². The second kappa shape index (κ2) is 3.87. The van der Waals surface area contributed by atoms with E-state index in [1.165, 1.54) is 7.11 Å². The molecule has 0 aliphatic carbocycles. The first-order valence-electron chi connectivity index (χ1n) is 5.25. The van der Waals surface area contributed by atoms with Crippen molar-refractivity contribution in [1.29, 1.82) is 0 Å².